The first-order valence-corrected chi connectivity index (χ1v) is 7.67. The third-order valence-corrected chi connectivity index (χ3v) is 4.58. The van der Waals surface area contributed by atoms with Gasteiger partial charge in [-0.2, -0.15) is 0 Å². The minimum Gasteiger partial charge on any atom is -0.312 e. The van der Waals surface area contributed by atoms with E-state index in [-0.39, 0.29) is 5.54 Å². The molecule has 1 heteroatoms. The molecule has 0 aliphatic heterocycles. The van der Waals surface area contributed by atoms with Crippen molar-refractivity contribution in [2.45, 2.75) is 59.4 Å². The van der Waals surface area contributed by atoms with Crippen molar-refractivity contribution in [3.63, 3.8) is 0 Å². The van der Waals surface area contributed by atoms with E-state index in [1.807, 2.05) is 0 Å². The molecular weight excluding hydrogens is 230 g/mol. The van der Waals surface area contributed by atoms with Crippen LogP contribution >= 0.6 is 0 Å². The average Bonchev–Trinajstić information content (AvgIpc) is 2.25. The van der Waals surface area contributed by atoms with Crippen molar-refractivity contribution in [1.82, 2.24) is 5.32 Å². The van der Waals surface area contributed by atoms with Crippen molar-refractivity contribution < 1.29 is 0 Å². The smallest absolute Gasteiger partial charge is 0.00966 e. The van der Waals surface area contributed by atoms with Gasteiger partial charge >= 0.3 is 0 Å². The molecule has 1 aliphatic rings. The third-order valence-electron chi connectivity index (χ3n) is 4.58. The van der Waals surface area contributed by atoms with E-state index in [9.17, 15) is 0 Å². The van der Waals surface area contributed by atoms with E-state index in [0.29, 0.717) is 0 Å². The number of hydrogen-bond acceptors (Lipinski definition) is 1. The largest absolute Gasteiger partial charge is 0.312 e. The van der Waals surface area contributed by atoms with Crippen LogP contribution in [0.1, 0.15) is 50.3 Å². The lowest BCUT2D eigenvalue weighted by atomic mass is 9.69. The van der Waals surface area contributed by atoms with E-state index in [4.69, 9.17) is 0 Å². The SMILES string of the molecule is Cc1cccc(C)c1CC1CCC1CNC(C)(C)C. The van der Waals surface area contributed by atoms with Crippen molar-refractivity contribution in [1.29, 1.82) is 0 Å². The number of rotatable bonds is 4. The third kappa shape index (κ3) is 3.82. The summed E-state index contributed by atoms with van der Waals surface area (Å²) in [5.41, 5.74) is 4.77. The first kappa shape index (κ1) is 14.6. The zero-order valence-electron chi connectivity index (χ0n) is 13.2. The summed E-state index contributed by atoms with van der Waals surface area (Å²) in [6.45, 7) is 12.5. The van der Waals surface area contributed by atoms with Gasteiger partial charge in [0, 0.05) is 5.54 Å². The van der Waals surface area contributed by atoms with Crippen LogP contribution < -0.4 is 5.32 Å². The molecule has 1 N–H and O–H groups in total. The Bertz CT molecular complexity index is 408. The Balaban J connectivity index is 1.93. The van der Waals surface area contributed by atoms with Crippen LogP contribution in [0.4, 0.5) is 0 Å². The van der Waals surface area contributed by atoms with Crippen LogP contribution in [0.5, 0.6) is 0 Å². The number of aryl methyl sites for hydroxylation is 2. The van der Waals surface area contributed by atoms with Gasteiger partial charge in [-0.25, -0.2) is 0 Å². The van der Waals surface area contributed by atoms with Crippen molar-refractivity contribution in [2.75, 3.05) is 6.54 Å². The predicted octanol–water partition coefficient (Wildman–Crippen LogP) is 4.26. The van der Waals surface area contributed by atoms with E-state index in [2.05, 4.69) is 58.1 Å². The molecule has 0 saturated heterocycles. The normalized spacial score (nSPS) is 23.2. The number of nitrogens with one attached hydrogen (secondary N) is 1. The van der Waals surface area contributed by atoms with Crippen LogP contribution in [0.15, 0.2) is 18.2 Å². The molecule has 0 spiro atoms. The second kappa shape index (κ2) is 5.66. The van der Waals surface area contributed by atoms with Gasteiger partial charge < -0.3 is 5.32 Å². The van der Waals surface area contributed by atoms with Gasteiger partial charge in [0.1, 0.15) is 0 Å². The Hall–Kier alpha value is -0.820. The van der Waals surface area contributed by atoms with E-state index in [1.54, 1.807) is 5.56 Å². The molecule has 1 saturated carbocycles. The summed E-state index contributed by atoms with van der Waals surface area (Å²) in [5, 5.41) is 3.67. The van der Waals surface area contributed by atoms with Gasteiger partial charge in [-0.05, 0) is 89.0 Å². The fourth-order valence-corrected chi connectivity index (χ4v) is 3.05. The molecule has 19 heavy (non-hydrogen) atoms. The maximum Gasteiger partial charge on any atom is 0.00966 e. The number of benzene rings is 1. The summed E-state index contributed by atoms with van der Waals surface area (Å²) in [5.74, 6) is 1.76. The molecule has 1 fully saturated rings. The summed E-state index contributed by atoms with van der Waals surface area (Å²) in [6, 6.07) is 6.68. The lowest BCUT2D eigenvalue weighted by Gasteiger charge is -2.39. The standard InChI is InChI=1S/C18H29N/c1-13-7-6-8-14(2)17(13)11-15-9-10-16(15)12-19-18(3,4)5/h6-8,15-16,19H,9-12H2,1-5H3. The van der Waals surface area contributed by atoms with E-state index < -0.39 is 0 Å². The van der Waals surface area contributed by atoms with Gasteiger partial charge in [-0.1, -0.05) is 18.2 Å². The lowest BCUT2D eigenvalue weighted by molar-refractivity contribution is 0.159. The van der Waals surface area contributed by atoms with E-state index in [0.717, 1.165) is 11.8 Å². The lowest BCUT2D eigenvalue weighted by Crippen LogP contribution is -2.44. The molecule has 2 rings (SSSR count). The molecule has 1 nitrogen and oxygen atoms in total. The Morgan fingerprint density at radius 2 is 1.63 bits per heavy atom. The van der Waals surface area contributed by atoms with E-state index in [1.165, 1.54) is 36.9 Å². The topological polar surface area (TPSA) is 12.0 Å². The molecule has 106 valence electrons. The van der Waals surface area contributed by atoms with E-state index >= 15 is 0 Å². The Morgan fingerprint density at radius 1 is 1.05 bits per heavy atom. The fourth-order valence-electron chi connectivity index (χ4n) is 3.05. The second-order valence-corrected chi connectivity index (χ2v) is 7.30. The molecule has 2 atom stereocenters. The molecule has 0 heterocycles. The summed E-state index contributed by atoms with van der Waals surface area (Å²) in [4.78, 5) is 0. The first-order valence-electron chi connectivity index (χ1n) is 7.67. The van der Waals surface area contributed by atoms with Gasteiger partial charge in [0.2, 0.25) is 0 Å². The van der Waals surface area contributed by atoms with Gasteiger partial charge in [-0.15, -0.1) is 0 Å². The Labute approximate surface area is 118 Å². The zero-order valence-corrected chi connectivity index (χ0v) is 13.2. The van der Waals surface area contributed by atoms with Gasteiger partial charge in [0.15, 0.2) is 0 Å². The molecule has 0 amide bonds. The second-order valence-electron chi connectivity index (χ2n) is 7.30. The van der Waals surface area contributed by atoms with Crippen LogP contribution in [0.3, 0.4) is 0 Å². The molecule has 0 aromatic heterocycles. The highest BCUT2D eigenvalue weighted by Crippen LogP contribution is 2.37. The van der Waals surface area contributed by atoms with Crippen LogP contribution in [-0.4, -0.2) is 12.1 Å². The van der Waals surface area contributed by atoms with Gasteiger partial charge in [0.05, 0.1) is 0 Å². The van der Waals surface area contributed by atoms with Crippen molar-refractivity contribution in [2.24, 2.45) is 11.8 Å². The molecular formula is C18H29N. The highest BCUT2D eigenvalue weighted by molar-refractivity contribution is 5.34. The summed E-state index contributed by atoms with van der Waals surface area (Å²) >= 11 is 0. The molecule has 1 aromatic rings. The van der Waals surface area contributed by atoms with Crippen molar-refractivity contribution in [3.05, 3.63) is 34.9 Å². The van der Waals surface area contributed by atoms with Crippen LogP contribution in [0.25, 0.3) is 0 Å². The van der Waals surface area contributed by atoms with Gasteiger partial charge in [-0.3, -0.25) is 0 Å². The predicted molar refractivity (Wildman–Crippen MR) is 83.6 cm³/mol. The maximum absolute atomic E-state index is 3.67. The molecule has 1 aromatic carbocycles. The minimum absolute atomic E-state index is 0.249. The Morgan fingerprint density at radius 3 is 2.11 bits per heavy atom. The monoisotopic (exact) mass is 259 g/mol. The minimum atomic E-state index is 0.249. The van der Waals surface area contributed by atoms with Crippen LogP contribution in [0.2, 0.25) is 0 Å². The fraction of sp³-hybridized carbons (Fsp3) is 0.667. The van der Waals surface area contributed by atoms with Crippen molar-refractivity contribution in [3.8, 4) is 0 Å². The molecule has 2 unspecified atom stereocenters. The highest BCUT2D eigenvalue weighted by atomic mass is 14.9. The first-order chi connectivity index (χ1) is 8.87. The maximum atomic E-state index is 3.67. The summed E-state index contributed by atoms with van der Waals surface area (Å²) in [6.07, 6.45) is 4.08. The molecule has 0 bridgehead atoms. The summed E-state index contributed by atoms with van der Waals surface area (Å²) in [7, 11) is 0. The number of hydrogen-bond donors (Lipinski definition) is 1. The Kier molecular flexibility index (Phi) is 4.35. The average molecular weight is 259 g/mol. The van der Waals surface area contributed by atoms with Crippen LogP contribution in [-0.2, 0) is 6.42 Å². The highest BCUT2D eigenvalue weighted by Gasteiger charge is 2.31. The quantitative estimate of drug-likeness (QED) is 0.852. The van der Waals surface area contributed by atoms with Crippen molar-refractivity contribution >= 4 is 0 Å². The zero-order chi connectivity index (χ0) is 14.0. The summed E-state index contributed by atoms with van der Waals surface area (Å²) < 4.78 is 0. The molecule has 1 aliphatic carbocycles. The van der Waals surface area contributed by atoms with Gasteiger partial charge in [0.25, 0.3) is 0 Å². The van der Waals surface area contributed by atoms with Crippen LogP contribution in [0, 0.1) is 25.7 Å². The molecule has 0 radical (unpaired) electrons.